The molecule has 0 spiro atoms. The zero-order valence-corrected chi connectivity index (χ0v) is 16.1. The van der Waals surface area contributed by atoms with Crippen LogP contribution in [-0.4, -0.2) is 31.0 Å². The van der Waals surface area contributed by atoms with Crippen LogP contribution in [0, 0.1) is 0 Å². The van der Waals surface area contributed by atoms with Gasteiger partial charge < -0.3 is 14.8 Å². The molecule has 2 aromatic carbocycles. The molecule has 2 heterocycles. The van der Waals surface area contributed by atoms with Crippen molar-refractivity contribution >= 4 is 34.0 Å². The highest BCUT2D eigenvalue weighted by molar-refractivity contribution is 7.14. The lowest BCUT2D eigenvalue weighted by atomic mass is 10.1. The molecule has 0 radical (unpaired) electrons. The van der Waals surface area contributed by atoms with Crippen molar-refractivity contribution in [3.05, 3.63) is 52.9 Å². The quantitative estimate of drug-likeness (QED) is 0.689. The van der Waals surface area contributed by atoms with Crippen LogP contribution in [0.1, 0.15) is 15.9 Å². The second kappa shape index (κ2) is 7.32. The average molecular weight is 395 g/mol. The summed E-state index contributed by atoms with van der Waals surface area (Å²) in [6.07, 6.45) is 0.370. The predicted molar refractivity (Wildman–Crippen MR) is 107 cm³/mol. The summed E-state index contributed by atoms with van der Waals surface area (Å²) in [5.74, 6) is 0.755. The molecule has 0 saturated carbocycles. The van der Waals surface area contributed by atoms with Gasteiger partial charge in [0.25, 0.3) is 5.91 Å². The Balaban J connectivity index is 1.53. The Morgan fingerprint density at radius 2 is 1.89 bits per heavy atom. The van der Waals surface area contributed by atoms with Crippen LogP contribution in [0.4, 0.5) is 10.8 Å². The first-order chi connectivity index (χ1) is 13.6. The Morgan fingerprint density at radius 3 is 2.61 bits per heavy atom. The van der Waals surface area contributed by atoms with E-state index in [0.717, 1.165) is 22.5 Å². The largest absolute Gasteiger partial charge is 0.497 e. The molecule has 0 saturated heterocycles. The van der Waals surface area contributed by atoms with Crippen molar-refractivity contribution in [3.8, 4) is 22.8 Å². The SMILES string of the molecule is COc1cc(OC)cc(C(=O)Nc2nc(-c3ccc4c(c3)CC(=O)N4)cs2)c1. The number of carbonyl (C=O) groups excluding carboxylic acids is 2. The van der Waals surface area contributed by atoms with Gasteiger partial charge in [0, 0.05) is 28.3 Å². The minimum atomic E-state index is -0.304. The number of ether oxygens (including phenoxy) is 2. The van der Waals surface area contributed by atoms with Crippen molar-refractivity contribution in [2.24, 2.45) is 0 Å². The monoisotopic (exact) mass is 395 g/mol. The third kappa shape index (κ3) is 3.54. The van der Waals surface area contributed by atoms with E-state index < -0.39 is 0 Å². The fourth-order valence-corrected chi connectivity index (χ4v) is 3.67. The minimum Gasteiger partial charge on any atom is -0.497 e. The number of hydrogen-bond acceptors (Lipinski definition) is 6. The molecule has 0 fully saturated rings. The van der Waals surface area contributed by atoms with Crippen LogP contribution >= 0.6 is 11.3 Å². The number of methoxy groups -OCH3 is 2. The van der Waals surface area contributed by atoms with Crippen molar-refractivity contribution in [1.82, 2.24) is 4.98 Å². The molecule has 28 heavy (non-hydrogen) atoms. The number of carbonyl (C=O) groups is 2. The predicted octanol–water partition coefficient (Wildman–Crippen LogP) is 3.57. The molecular weight excluding hydrogens is 378 g/mol. The second-order valence-corrected chi connectivity index (χ2v) is 7.05. The molecule has 1 aliphatic heterocycles. The molecule has 1 aliphatic rings. The molecule has 0 unspecified atom stereocenters. The Morgan fingerprint density at radius 1 is 1.14 bits per heavy atom. The summed E-state index contributed by atoms with van der Waals surface area (Å²) >= 11 is 1.33. The van der Waals surface area contributed by atoms with E-state index in [2.05, 4.69) is 15.6 Å². The van der Waals surface area contributed by atoms with Gasteiger partial charge >= 0.3 is 0 Å². The smallest absolute Gasteiger partial charge is 0.257 e. The summed E-state index contributed by atoms with van der Waals surface area (Å²) in [5.41, 5.74) is 3.84. The molecule has 4 rings (SSSR count). The molecule has 0 aliphatic carbocycles. The highest BCUT2D eigenvalue weighted by Gasteiger charge is 2.19. The molecule has 1 aromatic heterocycles. The average Bonchev–Trinajstić information content (AvgIpc) is 3.32. The summed E-state index contributed by atoms with van der Waals surface area (Å²) < 4.78 is 10.4. The highest BCUT2D eigenvalue weighted by Crippen LogP contribution is 2.31. The number of thiazole rings is 1. The van der Waals surface area contributed by atoms with E-state index >= 15 is 0 Å². The third-order valence-electron chi connectivity index (χ3n) is 4.36. The van der Waals surface area contributed by atoms with Gasteiger partial charge in [0.05, 0.1) is 26.3 Å². The number of amides is 2. The highest BCUT2D eigenvalue weighted by atomic mass is 32.1. The van der Waals surface area contributed by atoms with Crippen LogP contribution in [-0.2, 0) is 11.2 Å². The molecule has 0 bridgehead atoms. The van der Waals surface area contributed by atoms with Crippen LogP contribution in [0.3, 0.4) is 0 Å². The Bertz CT molecular complexity index is 1050. The van der Waals surface area contributed by atoms with Gasteiger partial charge in [-0.05, 0) is 29.8 Å². The molecule has 2 amide bonds. The molecule has 8 heteroatoms. The van der Waals surface area contributed by atoms with Gasteiger partial charge in [0.2, 0.25) is 5.91 Å². The first-order valence-corrected chi connectivity index (χ1v) is 9.37. The van der Waals surface area contributed by atoms with E-state index in [1.807, 2.05) is 23.6 Å². The number of aromatic nitrogens is 1. The molecule has 0 atom stereocenters. The van der Waals surface area contributed by atoms with E-state index in [9.17, 15) is 9.59 Å². The van der Waals surface area contributed by atoms with Gasteiger partial charge in [0.1, 0.15) is 11.5 Å². The molecule has 142 valence electrons. The van der Waals surface area contributed by atoms with Crippen LogP contribution in [0.2, 0.25) is 0 Å². The molecule has 3 aromatic rings. The van der Waals surface area contributed by atoms with Crippen molar-refractivity contribution < 1.29 is 19.1 Å². The molecular formula is C20H17N3O4S. The lowest BCUT2D eigenvalue weighted by Crippen LogP contribution is -2.12. The van der Waals surface area contributed by atoms with E-state index in [1.165, 1.54) is 25.6 Å². The van der Waals surface area contributed by atoms with Gasteiger partial charge in [0.15, 0.2) is 5.13 Å². The lowest BCUT2D eigenvalue weighted by Gasteiger charge is -2.08. The maximum Gasteiger partial charge on any atom is 0.257 e. The van der Waals surface area contributed by atoms with Gasteiger partial charge in [-0.25, -0.2) is 4.98 Å². The number of anilines is 2. The fourth-order valence-electron chi connectivity index (χ4n) is 2.96. The minimum absolute atomic E-state index is 0.00732. The van der Waals surface area contributed by atoms with Gasteiger partial charge in [-0.2, -0.15) is 0 Å². The van der Waals surface area contributed by atoms with Crippen LogP contribution in [0.5, 0.6) is 11.5 Å². The summed E-state index contributed by atoms with van der Waals surface area (Å²) in [5, 5.41) is 7.96. The van der Waals surface area contributed by atoms with E-state index in [0.29, 0.717) is 28.6 Å². The summed E-state index contributed by atoms with van der Waals surface area (Å²) in [6.45, 7) is 0. The zero-order chi connectivity index (χ0) is 19.7. The van der Waals surface area contributed by atoms with Gasteiger partial charge in [-0.1, -0.05) is 6.07 Å². The van der Waals surface area contributed by atoms with E-state index in [1.54, 1.807) is 18.2 Å². The number of hydrogen-bond donors (Lipinski definition) is 2. The normalized spacial score (nSPS) is 12.3. The number of rotatable bonds is 5. The number of nitrogens with one attached hydrogen (secondary N) is 2. The Labute approximate surface area is 165 Å². The van der Waals surface area contributed by atoms with E-state index in [-0.39, 0.29) is 11.8 Å². The van der Waals surface area contributed by atoms with Crippen molar-refractivity contribution in [2.75, 3.05) is 24.9 Å². The number of nitrogens with zero attached hydrogens (tertiary/aromatic N) is 1. The maximum absolute atomic E-state index is 12.6. The Hall–Kier alpha value is -3.39. The summed E-state index contributed by atoms with van der Waals surface area (Å²) in [6, 6.07) is 10.7. The van der Waals surface area contributed by atoms with Crippen molar-refractivity contribution in [1.29, 1.82) is 0 Å². The number of fused-ring (bicyclic) bond motifs is 1. The number of benzene rings is 2. The van der Waals surface area contributed by atoms with Crippen molar-refractivity contribution in [2.45, 2.75) is 6.42 Å². The second-order valence-electron chi connectivity index (χ2n) is 6.19. The van der Waals surface area contributed by atoms with Crippen LogP contribution in [0.25, 0.3) is 11.3 Å². The maximum atomic E-state index is 12.6. The Kier molecular flexibility index (Phi) is 4.70. The topological polar surface area (TPSA) is 89.6 Å². The van der Waals surface area contributed by atoms with Gasteiger partial charge in [-0.3, -0.25) is 14.9 Å². The third-order valence-corrected chi connectivity index (χ3v) is 5.12. The van der Waals surface area contributed by atoms with Gasteiger partial charge in [-0.15, -0.1) is 11.3 Å². The summed E-state index contributed by atoms with van der Waals surface area (Å²) in [4.78, 5) is 28.6. The fraction of sp³-hybridized carbons (Fsp3) is 0.150. The van der Waals surface area contributed by atoms with Crippen LogP contribution in [0.15, 0.2) is 41.8 Å². The molecule has 2 N–H and O–H groups in total. The van der Waals surface area contributed by atoms with E-state index in [4.69, 9.17) is 9.47 Å². The summed E-state index contributed by atoms with van der Waals surface area (Å²) in [7, 11) is 3.06. The first-order valence-electron chi connectivity index (χ1n) is 8.49. The lowest BCUT2D eigenvalue weighted by molar-refractivity contribution is -0.115. The first kappa shape index (κ1) is 18.0. The standard InChI is InChI=1S/C20H17N3O4S/c1-26-14-6-13(7-15(9-14)27-2)19(25)23-20-22-17(10-28-20)11-3-4-16-12(5-11)8-18(24)21-16/h3-7,9-10H,8H2,1-2H3,(H,21,24)(H,22,23,25). The zero-order valence-electron chi connectivity index (χ0n) is 15.2. The van der Waals surface area contributed by atoms with Crippen molar-refractivity contribution in [3.63, 3.8) is 0 Å². The molecule has 7 nitrogen and oxygen atoms in total. The van der Waals surface area contributed by atoms with Crippen LogP contribution < -0.4 is 20.1 Å².